The van der Waals surface area contributed by atoms with E-state index in [2.05, 4.69) is 47.8 Å². The van der Waals surface area contributed by atoms with E-state index in [0.29, 0.717) is 12.0 Å². The number of hydrazine groups is 1. The number of hydrogen-bond acceptors (Lipinski definition) is 2. The molecule has 4 N–H and O–H groups in total. The van der Waals surface area contributed by atoms with Gasteiger partial charge in [-0.15, -0.1) is 0 Å². The van der Waals surface area contributed by atoms with Crippen molar-refractivity contribution in [2.45, 2.75) is 52.0 Å². The van der Waals surface area contributed by atoms with Crippen LogP contribution in [0.2, 0.25) is 0 Å². The molecular weight excluding hydrogens is 236 g/mol. The highest BCUT2D eigenvalue weighted by atomic mass is 15.3. The monoisotopic (exact) mass is 260 g/mol. The molecule has 1 aliphatic carbocycles. The van der Waals surface area contributed by atoms with Crippen LogP contribution >= 0.6 is 0 Å². The number of nitrogens with zero attached hydrogens (tertiary/aromatic N) is 1. The first-order valence-electron chi connectivity index (χ1n) is 7.08. The zero-order valence-corrected chi connectivity index (χ0v) is 11.9. The Morgan fingerprint density at radius 2 is 1.95 bits per heavy atom. The van der Waals surface area contributed by atoms with Gasteiger partial charge in [-0.1, -0.05) is 37.0 Å². The molecule has 0 aromatic heterocycles. The van der Waals surface area contributed by atoms with Crippen LogP contribution < -0.4 is 16.6 Å². The minimum absolute atomic E-state index is 0.401. The molecule has 0 amide bonds. The van der Waals surface area contributed by atoms with Gasteiger partial charge < -0.3 is 5.32 Å². The van der Waals surface area contributed by atoms with E-state index in [1.165, 1.54) is 43.2 Å². The van der Waals surface area contributed by atoms with E-state index in [9.17, 15) is 0 Å². The highest BCUT2D eigenvalue weighted by molar-refractivity contribution is 5.94. The molecule has 4 heteroatoms. The van der Waals surface area contributed by atoms with Gasteiger partial charge in [0.2, 0.25) is 5.96 Å². The lowest BCUT2D eigenvalue weighted by Crippen LogP contribution is -2.37. The first kappa shape index (κ1) is 13.9. The van der Waals surface area contributed by atoms with Gasteiger partial charge in [-0.3, -0.25) is 5.43 Å². The molecule has 19 heavy (non-hydrogen) atoms. The zero-order chi connectivity index (χ0) is 13.7. The molecule has 4 nitrogen and oxygen atoms in total. The predicted octanol–water partition coefficient (Wildman–Crippen LogP) is 2.87. The smallest absolute Gasteiger partial charge is 0.210 e. The second-order valence-electron chi connectivity index (χ2n) is 5.36. The molecule has 0 atom stereocenters. The maximum atomic E-state index is 5.57. The number of nitrogens with two attached hydrogens (primary N) is 1. The number of hydrogen-bond donors (Lipinski definition) is 3. The molecule has 0 spiro atoms. The second-order valence-corrected chi connectivity index (χ2v) is 5.36. The van der Waals surface area contributed by atoms with Crippen molar-refractivity contribution in [2.24, 2.45) is 10.8 Å². The third kappa shape index (κ3) is 3.96. The van der Waals surface area contributed by atoms with E-state index >= 15 is 0 Å². The standard InChI is InChI=1S/C15H24N4/c1-11-8-9-14(12(2)10-11)18-15(19-16)17-13-6-4-3-5-7-13/h8-10,13H,3-7,16H2,1-2H3,(H2,17,18,19). The lowest BCUT2D eigenvalue weighted by molar-refractivity contribution is 0.442. The topological polar surface area (TPSA) is 62.4 Å². The Morgan fingerprint density at radius 3 is 2.58 bits per heavy atom. The number of nitrogens with one attached hydrogen (secondary N) is 2. The summed E-state index contributed by atoms with van der Waals surface area (Å²) in [5.74, 6) is 6.24. The maximum absolute atomic E-state index is 5.57. The summed E-state index contributed by atoms with van der Waals surface area (Å²) in [5, 5.41) is 3.29. The van der Waals surface area contributed by atoms with Crippen LogP contribution in [-0.2, 0) is 0 Å². The minimum atomic E-state index is 0.401. The lowest BCUT2D eigenvalue weighted by Gasteiger charge is -2.20. The first-order valence-corrected chi connectivity index (χ1v) is 7.08. The van der Waals surface area contributed by atoms with Crippen LogP contribution in [0.4, 0.5) is 5.69 Å². The van der Waals surface area contributed by atoms with E-state index < -0.39 is 0 Å². The van der Waals surface area contributed by atoms with Crippen LogP contribution in [0.15, 0.2) is 23.2 Å². The Morgan fingerprint density at radius 1 is 1.21 bits per heavy atom. The number of rotatable bonds is 2. The largest absolute Gasteiger partial charge is 0.325 e. The first-order chi connectivity index (χ1) is 9.19. The maximum Gasteiger partial charge on any atom is 0.210 e. The fraction of sp³-hybridized carbons (Fsp3) is 0.533. The van der Waals surface area contributed by atoms with E-state index in [1.807, 2.05) is 0 Å². The summed E-state index contributed by atoms with van der Waals surface area (Å²) in [6.45, 7) is 4.18. The van der Waals surface area contributed by atoms with Gasteiger partial charge in [0, 0.05) is 5.69 Å². The van der Waals surface area contributed by atoms with Crippen LogP contribution in [0, 0.1) is 13.8 Å². The third-order valence-electron chi connectivity index (χ3n) is 3.66. The molecule has 0 radical (unpaired) electrons. The van der Waals surface area contributed by atoms with Crippen molar-refractivity contribution in [1.29, 1.82) is 0 Å². The van der Waals surface area contributed by atoms with Gasteiger partial charge in [0.25, 0.3) is 0 Å². The minimum Gasteiger partial charge on any atom is -0.325 e. The van der Waals surface area contributed by atoms with E-state index in [4.69, 9.17) is 5.84 Å². The van der Waals surface area contributed by atoms with Gasteiger partial charge in [-0.05, 0) is 38.3 Å². The summed E-state index contributed by atoms with van der Waals surface area (Å²) in [7, 11) is 0. The number of guanidine groups is 1. The van der Waals surface area contributed by atoms with E-state index in [-0.39, 0.29) is 0 Å². The molecule has 104 valence electrons. The summed E-state index contributed by atoms with van der Waals surface area (Å²) in [6.07, 6.45) is 6.21. The number of anilines is 1. The molecule has 0 aliphatic heterocycles. The second kappa shape index (κ2) is 6.57. The van der Waals surface area contributed by atoms with Gasteiger partial charge in [0.1, 0.15) is 0 Å². The Kier molecular flexibility index (Phi) is 4.80. The van der Waals surface area contributed by atoms with Crippen molar-refractivity contribution >= 4 is 11.6 Å². The van der Waals surface area contributed by atoms with Crippen LogP contribution in [0.5, 0.6) is 0 Å². The van der Waals surface area contributed by atoms with Crippen LogP contribution in [0.25, 0.3) is 0 Å². The Bertz CT molecular complexity index is 447. The van der Waals surface area contributed by atoms with E-state index in [0.717, 1.165) is 5.69 Å². The summed E-state index contributed by atoms with van der Waals surface area (Å²) >= 11 is 0. The molecule has 0 heterocycles. The molecule has 1 saturated carbocycles. The van der Waals surface area contributed by atoms with Gasteiger partial charge in [-0.2, -0.15) is 0 Å². The molecule has 1 aromatic rings. The molecule has 0 bridgehead atoms. The molecule has 0 unspecified atom stereocenters. The molecule has 1 fully saturated rings. The average molecular weight is 260 g/mol. The van der Waals surface area contributed by atoms with Crippen molar-refractivity contribution in [3.8, 4) is 0 Å². The Labute approximate surface area is 115 Å². The van der Waals surface area contributed by atoms with Crippen molar-refractivity contribution in [3.05, 3.63) is 29.3 Å². The summed E-state index contributed by atoms with van der Waals surface area (Å²) < 4.78 is 0. The highest BCUT2D eigenvalue weighted by Gasteiger charge is 2.13. The number of aryl methyl sites for hydroxylation is 2. The van der Waals surface area contributed by atoms with Crippen LogP contribution in [0.1, 0.15) is 43.2 Å². The third-order valence-corrected chi connectivity index (χ3v) is 3.66. The fourth-order valence-corrected chi connectivity index (χ4v) is 2.58. The number of benzene rings is 1. The lowest BCUT2D eigenvalue weighted by atomic mass is 9.96. The fourth-order valence-electron chi connectivity index (χ4n) is 2.58. The van der Waals surface area contributed by atoms with Gasteiger partial charge in [-0.25, -0.2) is 10.8 Å². The van der Waals surface area contributed by atoms with Crippen molar-refractivity contribution in [3.63, 3.8) is 0 Å². The normalized spacial score (nSPS) is 17.3. The van der Waals surface area contributed by atoms with Crippen LogP contribution in [0.3, 0.4) is 0 Å². The van der Waals surface area contributed by atoms with Crippen LogP contribution in [-0.4, -0.2) is 12.0 Å². The zero-order valence-electron chi connectivity index (χ0n) is 11.9. The quantitative estimate of drug-likeness (QED) is 0.331. The molecule has 2 rings (SSSR count). The summed E-state index contributed by atoms with van der Waals surface area (Å²) in [4.78, 5) is 4.68. The van der Waals surface area contributed by atoms with Crippen molar-refractivity contribution in [2.75, 3.05) is 5.32 Å². The highest BCUT2D eigenvalue weighted by Crippen LogP contribution is 2.21. The molecule has 0 saturated heterocycles. The van der Waals surface area contributed by atoms with Crippen molar-refractivity contribution < 1.29 is 0 Å². The Balaban J connectivity index is 2.07. The summed E-state index contributed by atoms with van der Waals surface area (Å²) in [5.41, 5.74) is 6.19. The summed E-state index contributed by atoms with van der Waals surface area (Å²) in [6, 6.07) is 6.71. The molecular formula is C15H24N4. The molecule has 1 aromatic carbocycles. The SMILES string of the molecule is Cc1ccc(NC(=NC2CCCCC2)NN)c(C)c1. The predicted molar refractivity (Wildman–Crippen MR) is 81.2 cm³/mol. The molecule has 1 aliphatic rings. The van der Waals surface area contributed by atoms with Crippen molar-refractivity contribution in [1.82, 2.24) is 5.43 Å². The average Bonchev–Trinajstić information content (AvgIpc) is 2.42. The van der Waals surface area contributed by atoms with Gasteiger partial charge in [0.15, 0.2) is 0 Å². The van der Waals surface area contributed by atoms with E-state index in [1.54, 1.807) is 0 Å². The van der Waals surface area contributed by atoms with Gasteiger partial charge in [0.05, 0.1) is 6.04 Å². The van der Waals surface area contributed by atoms with Gasteiger partial charge >= 0.3 is 0 Å². The Hall–Kier alpha value is -1.55. The number of aliphatic imine (C=N–C) groups is 1.